The molecule has 2 saturated heterocycles. The third kappa shape index (κ3) is 10.4. The molecule has 2 heterocycles. The number of imide groups is 1. The van der Waals surface area contributed by atoms with Crippen LogP contribution in [0.25, 0.3) is 0 Å². The fourth-order valence-corrected chi connectivity index (χ4v) is 5.02. The van der Waals surface area contributed by atoms with Crippen molar-refractivity contribution < 1.29 is 33.8 Å². The van der Waals surface area contributed by atoms with Crippen molar-refractivity contribution in [1.29, 1.82) is 0 Å². The molecule has 0 aromatic heterocycles. The molecule has 41 heavy (non-hydrogen) atoms. The molecule has 4 N–H and O–H groups in total. The van der Waals surface area contributed by atoms with Gasteiger partial charge in [-0.2, -0.15) is 0 Å². The second-order valence-corrected chi connectivity index (χ2v) is 11.1. The van der Waals surface area contributed by atoms with Gasteiger partial charge in [-0.1, -0.05) is 19.9 Å². The number of likely N-dealkylation sites (tertiary alicyclic amines) is 1. The van der Waals surface area contributed by atoms with Crippen LogP contribution in [0.5, 0.6) is 0 Å². The molecule has 1 aromatic carbocycles. The van der Waals surface area contributed by atoms with Gasteiger partial charge in [0, 0.05) is 37.3 Å². The highest BCUT2D eigenvalue weighted by molar-refractivity contribution is 6.05. The van der Waals surface area contributed by atoms with Crippen molar-refractivity contribution in [1.82, 2.24) is 20.7 Å². The molecule has 1 aromatic rings. The number of piperidine rings is 2. The Bertz CT molecular complexity index is 1070. The van der Waals surface area contributed by atoms with Crippen LogP contribution in [-0.4, -0.2) is 84.1 Å². The molecular formula is C29H43N5O7. The fourth-order valence-electron chi connectivity index (χ4n) is 5.02. The molecule has 0 radical (unpaired) electrons. The summed E-state index contributed by atoms with van der Waals surface area (Å²) in [5.41, 5.74) is 3.11. The number of ether oxygens (including phenoxy) is 1. The third-order valence-corrected chi connectivity index (χ3v) is 7.28. The minimum atomic E-state index is -1.08. The number of hydrogen-bond donors (Lipinski definition) is 4. The van der Waals surface area contributed by atoms with Crippen LogP contribution in [0.1, 0.15) is 69.2 Å². The van der Waals surface area contributed by atoms with Crippen LogP contribution in [0.2, 0.25) is 0 Å². The topological polar surface area (TPSA) is 157 Å². The number of carbonyl (C=O) groups is 5. The van der Waals surface area contributed by atoms with Crippen LogP contribution in [-0.2, 0) is 19.1 Å². The lowest BCUT2D eigenvalue weighted by molar-refractivity contribution is -0.142. The Kier molecular flexibility index (Phi) is 12.5. The van der Waals surface area contributed by atoms with Gasteiger partial charge in [0.25, 0.3) is 5.91 Å². The molecule has 0 aliphatic carbocycles. The second kappa shape index (κ2) is 16.1. The first-order chi connectivity index (χ1) is 19.6. The molecule has 0 bridgehead atoms. The normalized spacial score (nSPS) is 17.6. The van der Waals surface area contributed by atoms with E-state index in [1.807, 2.05) is 13.8 Å². The molecular weight excluding hydrogens is 530 g/mol. The van der Waals surface area contributed by atoms with Crippen molar-refractivity contribution in [2.24, 2.45) is 17.8 Å². The van der Waals surface area contributed by atoms with E-state index >= 15 is 0 Å². The van der Waals surface area contributed by atoms with E-state index in [0.29, 0.717) is 37.4 Å². The Hall–Kier alpha value is -3.51. The molecule has 2 aliphatic heterocycles. The van der Waals surface area contributed by atoms with Gasteiger partial charge in [0.05, 0.1) is 18.9 Å². The molecule has 12 nitrogen and oxygen atoms in total. The van der Waals surface area contributed by atoms with Gasteiger partial charge < -0.3 is 20.1 Å². The quantitative estimate of drug-likeness (QED) is 0.218. The summed E-state index contributed by atoms with van der Waals surface area (Å²) < 4.78 is 5.13. The number of anilines is 1. The van der Waals surface area contributed by atoms with Crippen molar-refractivity contribution in [2.45, 2.75) is 58.8 Å². The summed E-state index contributed by atoms with van der Waals surface area (Å²) in [6, 6.07) is 6.08. The van der Waals surface area contributed by atoms with Gasteiger partial charge in [-0.15, -0.1) is 0 Å². The number of aliphatic carboxylic acids is 1. The average Bonchev–Trinajstić information content (AvgIpc) is 2.97. The largest absolute Gasteiger partial charge is 0.481 e. The SMILES string of the molecule is CC(C)COC(=O)Nc1cccc(C(=O)N(NCCC(=O)O)C(=O)[C@@H]2CCCN(C(=O)CCC3CCNCC3)C2)c1. The van der Waals surface area contributed by atoms with Gasteiger partial charge >= 0.3 is 12.1 Å². The van der Waals surface area contributed by atoms with E-state index in [1.165, 1.54) is 12.1 Å². The second-order valence-electron chi connectivity index (χ2n) is 11.1. The van der Waals surface area contributed by atoms with Gasteiger partial charge in [0.15, 0.2) is 0 Å². The molecule has 0 saturated carbocycles. The number of carboxylic acid groups (broad SMARTS) is 1. The number of nitrogens with one attached hydrogen (secondary N) is 3. The lowest BCUT2D eigenvalue weighted by atomic mass is 9.92. The predicted molar refractivity (Wildman–Crippen MR) is 152 cm³/mol. The summed E-state index contributed by atoms with van der Waals surface area (Å²) in [6.45, 7) is 6.63. The summed E-state index contributed by atoms with van der Waals surface area (Å²) in [5, 5.41) is 15.8. The van der Waals surface area contributed by atoms with Crippen LogP contribution in [0.3, 0.4) is 0 Å². The number of carboxylic acids is 1. The molecule has 226 valence electrons. The molecule has 1 atom stereocenters. The van der Waals surface area contributed by atoms with E-state index in [4.69, 9.17) is 9.84 Å². The van der Waals surface area contributed by atoms with Crippen LogP contribution in [0.15, 0.2) is 24.3 Å². The molecule has 12 heteroatoms. The van der Waals surface area contributed by atoms with Crippen molar-refractivity contribution in [3.63, 3.8) is 0 Å². The zero-order valence-corrected chi connectivity index (χ0v) is 24.0. The lowest BCUT2D eigenvalue weighted by Crippen LogP contribution is -2.53. The summed E-state index contributed by atoms with van der Waals surface area (Å²) in [6.07, 6.45) is 3.55. The van der Waals surface area contributed by atoms with E-state index in [-0.39, 0.29) is 43.5 Å². The smallest absolute Gasteiger partial charge is 0.411 e. The highest BCUT2D eigenvalue weighted by atomic mass is 16.5. The summed E-state index contributed by atoms with van der Waals surface area (Å²) in [5.74, 6) is -2.20. The minimum Gasteiger partial charge on any atom is -0.481 e. The van der Waals surface area contributed by atoms with Crippen molar-refractivity contribution in [3.8, 4) is 0 Å². The first kappa shape index (κ1) is 32.0. The van der Waals surface area contributed by atoms with Crippen LogP contribution >= 0.6 is 0 Å². The van der Waals surface area contributed by atoms with Gasteiger partial charge in [0.2, 0.25) is 11.8 Å². The molecule has 2 fully saturated rings. The number of benzene rings is 1. The lowest BCUT2D eigenvalue weighted by Gasteiger charge is -2.35. The summed E-state index contributed by atoms with van der Waals surface area (Å²) in [4.78, 5) is 65.0. The first-order valence-corrected chi connectivity index (χ1v) is 14.5. The molecule has 4 amide bonds. The van der Waals surface area contributed by atoms with E-state index in [2.05, 4.69) is 16.1 Å². The van der Waals surface area contributed by atoms with Gasteiger partial charge in [-0.3, -0.25) is 24.5 Å². The number of hydrazine groups is 1. The minimum absolute atomic E-state index is 0.0147. The standard InChI is InChI=1S/C29H43N5O7/c1-20(2)19-41-29(40)32-24-7-3-5-22(17-24)27(38)34(31-15-12-26(36)37)28(39)23-6-4-16-33(18-23)25(35)9-8-21-10-13-30-14-11-21/h3,5,7,17,20-21,23,30-31H,4,6,8-16,18-19H2,1-2H3,(H,32,40)(H,36,37)/t23-/m1/s1. The Morgan fingerprint density at radius 1 is 1.12 bits per heavy atom. The maximum atomic E-state index is 13.6. The number of nitrogens with zero attached hydrogens (tertiary/aromatic N) is 2. The average molecular weight is 574 g/mol. The molecule has 3 rings (SSSR count). The van der Waals surface area contributed by atoms with E-state index in [1.54, 1.807) is 17.0 Å². The number of carbonyl (C=O) groups excluding carboxylic acids is 4. The highest BCUT2D eigenvalue weighted by Gasteiger charge is 2.34. The number of hydrogen-bond acceptors (Lipinski definition) is 8. The van der Waals surface area contributed by atoms with E-state index in [0.717, 1.165) is 37.4 Å². The Morgan fingerprint density at radius 2 is 1.88 bits per heavy atom. The Balaban J connectivity index is 1.67. The maximum absolute atomic E-state index is 13.6. The zero-order chi connectivity index (χ0) is 29.8. The zero-order valence-electron chi connectivity index (χ0n) is 24.0. The van der Waals surface area contributed by atoms with Crippen LogP contribution < -0.4 is 16.1 Å². The highest BCUT2D eigenvalue weighted by Crippen LogP contribution is 2.23. The number of amides is 4. The first-order valence-electron chi connectivity index (χ1n) is 14.5. The summed E-state index contributed by atoms with van der Waals surface area (Å²) in [7, 11) is 0. The predicted octanol–water partition coefficient (Wildman–Crippen LogP) is 2.86. The van der Waals surface area contributed by atoms with E-state index in [9.17, 15) is 24.0 Å². The molecule has 0 spiro atoms. The third-order valence-electron chi connectivity index (χ3n) is 7.28. The van der Waals surface area contributed by atoms with Gasteiger partial charge in [-0.05, 0) is 75.2 Å². The Labute approximate surface area is 241 Å². The molecule has 2 aliphatic rings. The van der Waals surface area contributed by atoms with Crippen molar-refractivity contribution in [3.05, 3.63) is 29.8 Å². The molecule has 0 unspecified atom stereocenters. The van der Waals surface area contributed by atoms with Crippen molar-refractivity contribution >= 4 is 35.5 Å². The Morgan fingerprint density at radius 3 is 2.59 bits per heavy atom. The monoisotopic (exact) mass is 573 g/mol. The summed E-state index contributed by atoms with van der Waals surface area (Å²) >= 11 is 0. The van der Waals surface area contributed by atoms with Crippen LogP contribution in [0, 0.1) is 17.8 Å². The van der Waals surface area contributed by atoms with Gasteiger partial charge in [-0.25, -0.2) is 15.2 Å². The number of rotatable bonds is 12. The fraction of sp³-hybridized carbons (Fsp3) is 0.621. The van der Waals surface area contributed by atoms with E-state index < -0.39 is 29.8 Å². The van der Waals surface area contributed by atoms with Crippen LogP contribution in [0.4, 0.5) is 10.5 Å². The van der Waals surface area contributed by atoms with Crippen molar-refractivity contribution in [2.75, 3.05) is 44.6 Å². The van der Waals surface area contributed by atoms with Gasteiger partial charge in [0.1, 0.15) is 0 Å². The maximum Gasteiger partial charge on any atom is 0.411 e.